The third-order valence-corrected chi connectivity index (χ3v) is 7.03. The van der Waals surface area contributed by atoms with E-state index in [1.165, 1.54) is 89.9 Å². The fourth-order valence-corrected chi connectivity index (χ4v) is 4.50. The van der Waals surface area contributed by atoms with Gasteiger partial charge in [-0.2, -0.15) is 0 Å². The number of rotatable bonds is 17. The predicted octanol–water partition coefficient (Wildman–Crippen LogP) is 8.04. The lowest BCUT2D eigenvalue weighted by atomic mass is 9.85. The van der Waals surface area contributed by atoms with Crippen LogP contribution in [0.5, 0.6) is 0 Å². The van der Waals surface area contributed by atoms with Gasteiger partial charge in [-0.25, -0.2) is 0 Å². The molecule has 0 spiro atoms. The second kappa shape index (κ2) is 15.4. The lowest BCUT2D eigenvalue weighted by Crippen LogP contribution is -2.36. The molecule has 1 saturated heterocycles. The number of aliphatic hydroxyl groups excluding tert-OH is 1. The molecule has 0 aliphatic carbocycles. The van der Waals surface area contributed by atoms with Crippen molar-refractivity contribution in [3.63, 3.8) is 0 Å². The molecule has 5 unspecified atom stereocenters. The van der Waals surface area contributed by atoms with Gasteiger partial charge in [-0.1, -0.05) is 124 Å². The van der Waals surface area contributed by atoms with Crippen molar-refractivity contribution < 1.29 is 9.84 Å². The standard InChI is InChI=1S/C26H50O2/c1-6-7-8-9-10-11-12-13-14-15-16-17-18-19-20-21(2)25(27)26-23(4)22(3)24(5)28-26/h21-23,25-27H,5-20H2,1-4H3. The summed E-state index contributed by atoms with van der Waals surface area (Å²) in [5.41, 5.74) is 0. The fourth-order valence-electron chi connectivity index (χ4n) is 4.50. The van der Waals surface area contributed by atoms with Gasteiger partial charge in [0, 0.05) is 11.8 Å². The van der Waals surface area contributed by atoms with Crippen LogP contribution in [0, 0.1) is 17.8 Å². The molecular formula is C26H50O2. The largest absolute Gasteiger partial charge is 0.492 e. The van der Waals surface area contributed by atoms with Crippen molar-refractivity contribution in [3.8, 4) is 0 Å². The summed E-state index contributed by atoms with van der Waals surface area (Å²) in [6, 6.07) is 0. The van der Waals surface area contributed by atoms with E-state index in [2.05, 4.69) is 34.3 Å². The first-order chi connectivity index (χ1) is 13.5. The van der Waals surface area contributed by atoms with Crippen LogP contribution in [0.4, 0.5) is 0 Å². The fraction of sp³-hybridized carbons (Fsp3) is 0.923. The third kappa shape index (κ3) is 9.81. The van der Waals surface area contributed by atoms with Crippen LogP contribution >= 0.6 is 0 Å². The summed E-state index contributed by atoms with van der Waals surface area (Å²) in [7, 11) is 0. The zero-order valence-electron chi connectivity index (χ0n) is 19.6. The summed E-state index contributed by atoms with van der Waals surface area (Å²) in [6.07, 6.45) is 20.2. The second-order valence-corrected chi connectivity index (χ2v) is 9.55. The Morgan fingerprint density at radius 2 is 1.25 bits per heavy atom. The molecule has 1 N–H and O–H groups in total. The molecule has 2 heteroatoms. The molecule has 166 valence electrons. The minimum atomic E-state index is -0.362. The minimum absolute atomic E-state index is 0.0656. The van der Waals surface area contributed by atoms with Crippen LogP contribution in [-0.2, 0) is 4.74 Å². The molecule has 2 nitrogen and oxygen atoms in total. The second-order valence-electron chi connectivity index (χ2n) is 9.55. The predicted molar refractivity (Wildman–Crippen MR) is 122 cm³/mol. The van der Waals surface area contributed by atoms with Crippen molar-refractivity contribution in [2.45, 2.75) is 136 Å². The van der Waals surface area contributed by atoms with Gasteiger partial charge in [0.15, 0.2) is 0 Å². The van der Waals surface area contributed by atoms with E-state index in [0.29, 0.717) is 17.8 Å². The first-order valence-corrected chi connectivity index (χ1v) is 12.5. The van der Waals surface area contributed by atoms with Gasteiger partial charge in [0.05, 0.1) is 11.9 Å². The maximum absolute atomic E-state index is 10.7. The summed E-state index contributed by atoms with van der Waals surface area (Å²) in [6.45, 7) is 12.8. The maximum Gasteiger partial charge on any atom is 0.127 e. The first kappa shape index (κ1) is 25.5. The molecule has 0 bridgehead atoms. The van der Waals surface area contributed by atoms with Gasteiger partial charge in [-0.15, -0.1) is 0 Å². The van der Waals surface area contributed by atoms with Crippen LogP contribution in [0.3, 0.4) is 0 Å². The van der Waals surface area contributed by atoms with Crippen LogP contribution in [-0.4, -0.2) is 17.3 Å². The molecule has 1 aliphatic heterocycles. The molecule has 0 amide bonds. The van der Waals surface area contributed by atoms with Gasteiger partial charge in [0.2, 0.25) is 0 Å². The van der Waals surface area contributed by atoms with E-state index in [0.717, 1.165) is 12.2 Å². The van der Waals surface area contributed by atoms with Gasteiger partial charge < -0.3 is 9.84 Å². The number of hydrogen-bond donors (Lipinski definition) is 1. The van der Waals surface area contributed by atoms with Crippen molar-refractivity contribution in [3.05, 3.63) is 12.3 Å². The Kier molecular flexibility index (Phi) is 14.0. The highest BCUT2D eigenvalue weighted by Gasteiger charge is 2.40. The molecule has 0 saturated carbocycles. The highest BCUT2D eigenvalue weighted by Crippen LogP contribution is 2.37. The van der Waals surface area contributed by atoms with Gasteiger partial charge >= 0.3 is 0 Å². The normalized spacial score (nSPS) is 24.3. The van der Waals surface area contributed by atoms with E-state index >= 15 is 0 Å². The molecule has 1 heterocycles. The van der Waals surface area contributed by atoms with Crippen molar-refractivity contribution in [2.24, 2.45) is 17.8 Å². The van der Waals surface area contributed by atoms with E-state index in [1.54, 1.807) is 0 Å². The van der Waals surface area contributed by atoms with Crippen LogP contribution in [0.1, 0.15) is 124 Å². The topological polar surface area (TPSA) is 29.5 Å². The SMILES string of the molecule is C=C1OC(C(O)C(C)CCCCCCCCCCCCCCCC)C(C)C1C. The Labute approximate surface area is 176 Å². The van der Waals surface area contributed by atoms with Gasteiger partial charge in [-0.05, 0) is 12.3 Å². The number of ether oxygens (including phenoxy) is 1. The molecule has 0 aromatic carbocycles. The highest BCUT2D eigenvalue weighted by atomic mass is 16.5. The van der Waals surface area contributed by atoms with Crippen molar-refractivity contribution in [1.82, 2.24) is 0 Å². The van der Waals surface area contributed by atoms with E-state index in [-0.39, 0.29) is 12.2 Å². The van der Waals surface area contributed by atoms with Crippen LogP contribution in [0.25, 0.3) is 0 Å². The van der Waals surface area contributed by atoms with Gasteiger partial charge in [-0.3, -0.25) is 0 Å². The zero-order chi connectivity index (χ0) is 20.8. The molecule has 1 aliphatic rings. The smallest absolute Gasteiger partial charge is 0.127 e. The zero-order valence-corrected chi connectivity index (χ0v) is 19.6. The summed E-state index contributed by atoms with van der Waals surface area (Å²) in [4.78, 5) is 0. The lowest BCUT2D eigenvalue weighted by molar-refractivity contribution is -0.0290. The summed E-state index contributed by atoms with van der Waals surface area (Å²) < 4.78 is 5.85. The monoisotopic (exact) mass is 394 g/mol. The van der Waals surface area contributed by atoms with Crippen LogP contribution < -0.4 is 0 Å². The summed E-state index contributed by atoms with van der Waals surface area (Å²) >= 11 is 0. The average molecular weight is 395 g/mol. The van der Waals surface area contributed by atoms with Gasteiger partial charge in [0.1, 0.15) is 6.10 Å². The molecule has 0 aromatic rings. The van der Waals surface area contributed by atoms with E-state index < -0.39 is 0 Å². The summed E-state index contributed by atoms with van der Waals surface area (Å²) in [5.74, 6) is 1.87. The van der Waals surface area contributed by atoms with E-state index in [1.807, 2.05) is 0 Å². The Hall–Kier alpha value is -0.500. The van der Waals surface area contributed by atoms with Crippen molar-refractivity contribution >= 4 is 0 Å². The van der Waals surface area contributed by atoms with Crippen LogP contribution in [0.15, 0.2) is 12.3 Å². The molecule has 28 heavy (non-hydrogen) atoms. The van der Waals surface area contributed by atoms with Crippen molar-refractivity contribution in [1.29, 1.82) is 0 Å². The van der Waals surface area contributed by atoms with E-state index in [9.17, 15) is 5.11 Å². The maximum atomic E-state index is 10.7. The number of aliphatic hydroxyl groups is 1. The molecule has 0 aromatic heterocycles. The average Bonchev–Trinajstić information content (AvgIpc) is 2.94. The first-order valence-electron chi connectivity index (χ1n) is 12.5. The Balaban J connectivity index is 1.92. The molecule has 1 fully saturated rings. The quantitative estimate of drug-likeness (QED) is 0.253. The van der Waals surface area contributed by atoms with Crippen molar-refractivity contribution in [2.75, 3.05) is 0 Å². The van der Waals surface area contributed by atoms with Gasteiger partial charge in [0.25, 0.3) is 0 Å². The minimum Gasteiger partial charge on any atom is -0.492 e. The Morgan fingerprint density at radius 3 is 1.64 bits per heavy atom. The molecular weight excluding hydrogens is 344 g/mol. The molecule has 1 rings (SSSR count). The molecule has 0 radical (unpaired) electrons. The lowest BCUT2D eigenvalue weighted by Gasteiger charge is -2.27. The Morgan fingerprint density at radius 1 is 0.821 bits per heavy atom. The molecule has 5 atom stereocenters. The summed E-state index contributed by atoms with van der Waals surface area (Å²) in [5, 5.41) is 10.7. The Bertz CT molecular complexity index is 392. The van der Waals surface area contributed by atoms with Crippen LogP contribution in [0.2, 0.25) is 0 Å². The highest BCUT2D eigenvalue weighted by molar-refractivity contribution is 5.03. The number of allylic oxidation sites excluding steroid dienone is 1. The third-order valence-electron chi connectivity index (χ3n) is 7.03. The number of hydrogen-bond acceptors (Lipinski definition) is 2. The van der Waals surface area contributed by atoms with E-state index in [4.69, 9.17) is 4.74 Å². The number of unbranched alkanes of at least 4 members (excludes halogenated alkanes) is 13.